The number of nitrogens with zero attached hydrogens (tertiary/aromatic N) is 1. The highest BCUT2D eigenvalue weighted by atomic mass is 32.2. The number of nitrogens with one attached hydrogen (secondary N) is 1. The van der Waals surface area contributed by atoms with E-state index in [0.717, 1.165) is 28.1 Å². The molecule has 0 aliphatic rings. The van der Waals surface area contributed by atoms with Crippen LogP contribution in [0.2, 0.25) is 0 Å². The SMILES string of the molecule is CCC(C)NC(=O)CN(c1ccc(C)cc1C)S(C)(=O)=O. The molecule has 118 valence electrons. The zero-order valence-electron chi connectivity index (χ0n) is 13.3. The van der Waals surface area contributed by atoms with Gasteiger partial charge in [0.1, 0.15) is 6.54 Å². The Morgan fingerprint density at radius 1 is 1.33 bits per heavy atom. The van der Waals surface area contributed by atoms with Gasteiger partial charge >= 0.3 is 0 Å². The van der Waals surface area contributed by atoms with Gasteiger partial charge in [0.25, 0.3) is 0 Å². The standard InChI is InChI=1S/C15H24N2O3S/c1-6-13(4)16-15(18)10-17(21(5,19)20)14-8-7-11(2)9-12(14)3/h7-9,13H,6,10H2,1-5H3,(H,16,18). The molecule has 0 aromatic heterocycles. The molecule has 0 spiro atoms. The minimum Gasteiger partial charge on any atom is -0.352 e. The van der Waals surface area contributed by atoms with Gasteiger partial charge in [-0.2, -0.15) is 0 Å². The van der Waals surface area contributed by atoms with E-state index in [2.05, 4.69) is 5.32 Å². The van der Waals surface area contributed by atoms with Gasteiger partial charge in [0.05, 0.1) is 11.9 Å². The summed E-state index contributed by atoms with van der Waals surface area (Å²) in [6.07, 6.45) is 1.91. The molecule has 1 atom stereocenters. The Hall–Kier alpha value is -1.56. The number of hydrogen-bond donors (Lipinski definition) is 1. The second kappa shape index (κ2) is 6.93. The van der Waals surface area contributed by atoms with E-state index in [1.807, 2.05) is 39.8 Å². The first-order chi connectivity index (χ1) is 9.65. The summed E-state index contributed by atoms with van der Waals surface area (Å²) in [5.74, 6) is -0.297. The highest BCUT2D eigenvalue weighted by molar-refractivity contribution is 7.92. The van der Waals surface area contributed by atoms with Crippen molar-refractivity contribution >= 4 is 21.6 Å². The third kappa shape index (κ3) is 5.04. The Morgan fingerprint density at radius 3 is 2.43 bits per heavy atom. The van der Waals surface area contributed by atoms with Crippen molar-refractivity contribution in [3.05, 3.63) is 29.3 Å². The number of benzene rings is 1. The average molecular weight is 312 g/mol. The van der Waals surface area contributed by atoms with E-state index >= 15 is 0 Å². The van der Waals surface area contributed by atoms with Crippen LogP contribution in [0.15, 0.2) is 18.2 Å². The fourth-order valence-electron chi connectivity index (χ4n) is 2.02. The highest BCUT2D eigenvalue weighted by Crippen LogP contribution is 2.23. The minimum atomic E-state index is -3.52. The number of aryl methyl sites for hydroxylation is 2. The topological polar surface area (TPSA) is 66.5 Å². The number of amides is 1. The van der Waals surface area contributed by atoms with Crippen molar-refractivity contribution in [2.75, 3.05) is 17.1 Å². The predicted octanol–water partition coefficient (Wildman–Crippen LogP) is 1.98. The van der Waals surface area contributed by atoms with Crippen molar-refractivity contribution in [1.29, 1.82) is 0 Å². The lowest BCUT2D eigenvalue weighted by Crippen LogP contribution is -2.43. The largest absolute Gasteiger partial charge is 0.352 e. The van der Waals surface area contributed by atoms with E-state index in [-0.39, 0.29) is 18.5 Å². The van der Waals surface area contributed by atoms with Gasteiger partial charge in [0, 0.05) is 6.04 Å². The van der Waals surface area contributed by atoms with Gasteiger partial charge in [0.2, 0.25) is 15.9 Å². The molecule has 1 rings (SSSR count). The molecular formula is C15H24N2O3S. The zero-order chi connectivity index (χ0) is 16.2. The van der Waals surface area contributed by atoms with Crippen LogP contribution in [0.1, 0.15) is 31.4 Å². The van der Waals surface area contributed by atoms with Crippen LogP contribution in [-0.4, -0.2) is 33.2 Å². The minimum absolute atomic E-state index is 0.0259. The van der Waals surface area contributed by atoms with E-state index in [1.165, 1.54) is 0 Å². The van der Waals surface area contributed by atoms with Crippen molar-refractivity contribution in [3.63, 3.8) is 0 Å². The maximum absolute atomic E-state index is 12.0. The molecule has 0 saturated carbocycles. The summed E-state index contributed by atoms with van der Waals surface area (Å²) >= 11 is 0. The monoisotopic (exact) mass is 312 g/mol. The van der Waals surface area contributed by atoms with Crippen molar-refractivity contribution in [3.8, 4) is 0 Å². The quantitative estimate of drug-likeness (QED) is 0.873. The summed E-state index contributed by atoms with van der Waals surface area (Å²) in [4.78, 5) is 12.0. The van der Waals surface area contributed by atoms with Gasteiger partial charge in [0.15, 0.2) is 0 Å². The molecule has 0 aliphatic carbocycles. The molecule has 1 amide bonds. The molecule has 1 aromatic carbocycles. The van der Waals surface area contributed by atoms with Crippen LogP contribution in [0.5, 0.6) is 0 Å². The molecule has 0 aliphatic heterocycles. The van der Waals surface area contributed by atoms with Gasteiger partial charge in [-0.3, -0.25) is 9.10 Å². The molecule has 5 nitrogen and oxygen atoms in total. The molecule has 0 heterocycles. The van der Waals surface area contributed by atoms with Crippen LogP contribution < -0.4 is 9.62 Å². The highest BCUT2D eigenvalue weighted by Gasteiger charge is 2.22. The van der Waals surface area contributed by atoms with E-state index in [1.54, 1.807) is 6.07 Å². The fourth-order valence-corrected chi connectivity index (χ4v) is 2.93. The number of sulfonamides is 1. The van der Waals surface area contributed by atoms with Crippen molar-refractivity contribution in [2.45, 2.75) is 40.2 Å². The Labute approximate surface area is 127 Å². The zero-order valence-corrected chi connectivity index (χ0v) is 14.1. The Balaban J connectivity index is 3.05. The first-order valence-electron chi connectivity index (χ1n) is 6.99. The second-order valence-corrected chi connectivity index (χ2v) is 7.34. The van der Waals surface area contributed by atoms with Crippen LogP contribution in [0.3, 0.4) is 0 Å². The van der Waals surface area contributed by atoms with Crippen LogP contribution in [0.4, 0.5) is 5.69 Å². The molecule has 1 aromatic rings. The van der Waals surface area contributed by atoms with E-state index in [4.69, 9.17) is 0 Å². The normalized spacial score (nSPS) is 12.8. The Bertz CT molecular complexity index is 611. The third-order valence-electron chi connectivity index (χ3n) is 3.33. The molecule has 1 N–H and O–H groups in total. The molecule has 0 saturated heterocycles. The van der Waals surface area contributed by atoms with Crippen LogP contribution >= 0.6 is 0 Å². The smallest absolute Gasteiger partial charge is 0.240 e. The van der Waals surface area contributed by atoms with Crippen molar-refractivity contribution < 1.29 is 13.2 Å². The molecule has 0 radical (unpaired) electrons. The van der Waals surface area contributed by atoms with E-state index < -0.39 is 10.0 Å². The van der Waals surface area contributed by atoms with Crippen molar-refractivity contribution in [1.82, 2.24) is 5.32 Å². The summed E-state index contributed by atoms with van der Waals surface area (Å²) < 4.78 is 25.2. The maximum Gasteiger partial charge on any atom is 0.240 e. The van der Waals surface area contributed by atoms with Gasteiger partial charge < -0.3 is 5.32 Å². The van der Waals surface area contributed by atoms with Gasteiger partial charge in [-0.1, -0.05) is 24.6 Å². The molecular weight excluding hydrogens is 288 g/mol. The molecule has 6 heteroatoms. The molecule has 0 bridgehead atoms. The van der Waals surface area contributed by atoms with Gasteiger partial charge in [-0.25, -0.2) is 8.42 Å². The third-order valence-corrected chi connectivity index (χ3v) is 4.45. The van der Waals surface area contributed by atoms with Gasteiger partial charge in [-0.05, 0) is 38.8 Å². The number of hydrogen-bond acceptors (Lipinski definition) is 3. The average Bonchev–Trinajstić information content (AvgIpc) is 2.35. The first-order valence-corrected chi connectivity index (χ1v) is 8.84. The lowest BCUT2D eigenvalue weighted by molar-refractivity contribution is -0.120. The summed E-state index contributed by atoms with van der Waals surface area (Å²) in [6.45, 7) is 7.43. The molecule has 21 heavy (non-hydrogen) atoms. The molecule has 0 fully saturated rings. The number of anilines is 1. The van der Waals surface area contributed by atoms with Gasteiger partial charge in [-0.15, -0.1) is 0 Å². The Kier molecular flexibility index (Phi) is 5.78. The first kappa shape index (κ1) is 17.5. The lowest BCUT2D eigenvalue weighted by atomic mass is 10.1. The van der Waals surface area contributed by atoms with Crippen molar-refractivity contribution in [2.24, 2.45) is 0 Å². The summed E-state index contributed by atoms with van der Waals surface area (Å²) in [6, 6.07) is 5.51. The summed E-state index contributed by atoms with van der Waals surface area (Å²) in [5.41, 5.74) is 2.42. The number of carbonyl (C=O) groups excluding carboxylic acids is 1. The van der Waals surface area contributed by atoms with E-state index in [0.29, 0.717) is 5.69 Å². The molecule has 1 unspecified atom stereocenters. The second-order valence-electron chi connectivity index (χ2n) is 5.44. The Morgan fingerprint density at radius 2 is 1.95 bits per heavy atom. The van der Waals surface area contributed by atoms with E-state index in [9.17, 15) is 13.2 Å². The van der Waals surface area contributed by atoms with Crippen LogP contribution in [-0.2, 0) is 14.8 Å². The van der Waals surface area contributed by atoms with Crippen LogP contribution in [0, 0.1) is 13.8 Å². The summed E-state index contributed by atoms with van der Waals surface area (Å²) in [5, 5.41) is 2.79. The number of carbonyl (C=O) groups is 1. The lowest BCUT2D eigenvalue weighted by Gasteiger charge is -2.24. The predicted molar refractivity (Wildman–Crippen MR) is 86.0 cm³/mol. The van der Waals surface area contributed by atoms with Crippen LogP contribution in [0.25, 0.3) is 0 Å². The summed E-state index contributed by atoms with van der Waals surface area (Å²) in [7, 11) is -3.52. The number of rotatable bonds is 6. The fraction of sp³-hybridized carbons (Fsp3) is 0.533. The maximum atomic E-state index is 12.0.